The average Bonchev–Trinajstić information content (AvgIpc) is 2.58. The summed E-state index contributed by atoms with van der Waals surface area (Å²) in [6.07, 6.45) is 1.43. The standard InChI is InChI=1S/C18H17F2N3O3/c1-12(2)24-15-10-6-9-14(16(15)26-17(19)20)23-18(22-11-21)25-13-7-4-3-5-8-13/h3-10,12,17H,1-2H3,(H,22,23). The normalized spacial score (nSPS) is 11.2. The van der Waals surface area contributed by atoms with Crippen molar-refractivity contribution in [1.29, 1.82) is 5.26 Å². The predicted octanol–water partition coefficient (Wildman–Crippen LogP) is 4.21. The van der Waals surface area contributed by atoms with E-state index in [1.54, 1.807) is 56.4 Å². The number of ether oxygens (including phenoxy) is 3. The van der Waals surface area contributed by atoms with E-state index in [1.807, 2.05) is 0 Å². The van der Waals surface area contributed by atoms with Gasteiger partial charge in [0.25, 0.3) is 0 Å². The van der Waals surface area contributed by atoms with Crippen LogP contribution in [0, 0.1) is 11.5 Å². The Labute approximate surface area is 149 Å². The minimum atomic E-state index is -3.07. The highest BCUT2D eigenvalue weighted by molar-refractivity contribution is 5.82. The largest absolute Gasteiger partial charge is 0.487 e. The van der Waals surface area contributed by atoms with Crippen LogP contribution in [0.5, 0.6) is 17.2 Å². The molecule has 1 N–H and O–H groups in total. The molecule has 0 aromatic heterocycles. The molecule has 0 atom stereocenters. The van der Waals surface area contributed by atoms with Crippen LogP contribution in [0.1, 0.15) is 13.8 Å². The Morgan fingerprint density at radius 3 is 2.42 bits per heavy atom. The summed E-state index contributed by atoms with van der Waals surface area (Å²) >= 11 is 0. The molecule has 0 saturated heterocycles. The minimum Gasteiger partial charge on any atom is -0.487 e. The van der Waals surface area contributed by atoms with Gasteiger partial charge in [-0.1, -0.05) is 24.3 Å². The number of aliphatic imine (C=N–C) groups is 1. The van der Waals surface area contributed by atoms with Crippen LogP contribution >= 0.6 is 0 Å². The Bertz CT molecular complexity index is 790. The van der Waals surface area contributed by atoms with Gasteiger partial charge in [-0.2, -0.15) is 19.0 Å². The smallest absolute Gasteiger partial charge is 0.387 e. The molecule has 2 rings (SSSR count). The van der Waals surface area contributed by atoms with Crippen LogP contribution in [0.4, 0.5) is 14.5 Å². The number of benzene rings is 2. The molecule has 0 aliphatic heterocycles. The zero-order valence-electron chi connectivity index (χ0n) is 14.1. The highest BCUT2D eigenvalue weighted by Gasteiger charge is 2.17. The van der Waals surface area contributed by atoms with Crippen LogP contribution in [-0.2, 0) is 0 Å². The summed E-state index contributed by atoms with van der Waals surface area (Å²) in [6, 6.07) is 12.9. The maximum absolute atomic E-state index is 12.8. The molecule has 6 nitrogen and oxygen atoms in total. The molecule has 0 fully saturated rings. The van der Waals surface area contributed by atoms with Gasteiger partial charge in [-0.05, 0) is 38.1 Å². The quantitative estimate of drug-likeness (QED) is 0.361. The lowest BCUT2D eigenvalue weighted by Crippen LogP contribution is -2.24. The molecule has 0 heterocycles. The van der Waals surface area contributed by atoms with Crippen LogP contribution in [-0.4, -0.2) is 18.7 Å². The van der Waals surface area contributed by atoms with Gasteiger partial charge < -0.3 is 14.2 Å². The van der Waals surface area contributed by atoms with E-state index in [-0.39, 0.29) is 29.3 Å². The monoisotopic (exact) mass is 361 g/mol. The fourth-order valence-corrected chi connectivity index (χ4v) is 1.98. The lowest BCUT2D eigenvalue weighted by Gasteiger charge is -2.16. The molecule has 0 amide bonds. The van der Waals surface area contributed by atoms with E-state index in [9.17, 15) is 8.78 Å². The Kier molecular flexibility index (Phi) is 6.74. The number of hydrogen-bond donors (Lipinski definition) is 1. The van der Waals surface area contributed by atoms with Crippen molar-refractivity contribution in [1.82, 2.24) is 5.32 Å². The van der Waals surface area contributed by atoms with E-state index in [0.29, 0.717) is 5.75 Å². The second-order valence-electron chi connectivity index (χ2n) is 5.22. The van der Waals surface area contributed by atoms with Crippen LogP contribution in [0.3, 0.4) is 0 Å². The van der Waals surface area contributed by atoms with Crippen molar-refractivity contribution in [3.8, 4) is 23.4 Å². The Morgan fingerprint density at radius 1 is 1.08 bits per heavy atom. The summed E-state index contributed by atoms with van der Waals surface area (Å²) in [5.74, 6) is 0.280. The minimum absolute atomic E-state index is 0.0251. The lowest BCUT2D eigenvalue weighted by molar-refractivity contribution is -0.0514. The average molecular weight is 361 g/mol. The van der Waals surface area contributed by atoms with Crippen LogP contribution in [0.25, 0.3) is 0 Å². The van der Waals surface area contributed by atoms with Gasteiger partial charge in [0.05, 0.1) is 6.10 Å². The third kappa shape index (κ3) is 5.63. The fraction of sp³-hybridized carbons (Fsp3) is 0.222. The van der Waals surface area contributed by atoms with Crippen molar-refractivity contribution in [2.75, 3.05) is 0 Å². The van der Waals surface area contributed by atoms with E-state index in [0.717, 1.165) is 0 Å². The molecule has 0 saturated carbocycles. The molecular formula is C18H17F2N3O3. The summed E-state index contributed by atoms with van der Waals surface area (Å²) < 4.78 is 41.2. The first-order valence-corrected chi connectivity index (χ1v) is 7.70. The molecule has 2 aromatic rings. The van der Waals surface area contributed by atoms with Gasteiger partial charge in [0.2, 0.25) is 0 Å². The van der Waals surface area contributed by atoms with E-state index in [2.05, 4.69) is 15.0 Å². The third-order valence-corrected chi connectivity index (χ3v) is 2.87. The highest BCUT2D eigenvalue weighted by Crippen LogP contribution is 2.39. The number of nitrogens with one attached hydrogen (secondary N) is 1. The molecule has 8 heteroatoms. The van der Waals surface area contributed by atoms with Gasteiger partial charge in [0.1, 0.15) is 11.4 Å². The zero-order valence-corrected chi connectivity index (χ0v) is 14.1. The van der Waals surface area contributed by atoms with E-state index < -0.39 is 6.61 Å². The van der Waals surface area contributed by atoms with Crippen LogP contribution in [0.2, 0.25) is 0 Å². The Morgan fingerprint density at radius 2 is 1.81 bits per heavy atom. The van der Waals surface area contributed by atoms with E-state index in [4.69, 9.17) is 14.7 Å². The molecular weight excluding hydrogens is 344 g/mol. The number of para-hydroxylation sites is 2. The van der Waals surface area contributed by atoms with Gasteiger partial charge in [-0.3, -0.25) is 0 Å². The van der Waals surface area contributed by atoms with Crippen LogP contribution < -0.4 is 19.5 Å². The van der Waals surface area contributed by atoms with Crippen molar-refractivity contribution >= 4 is 11.7 Å². The molecule has 0 unspecified atom stereocenters. The molecule has 136 valence electrons. The first-order chi connectivity index (χ1) is 12.5. The van der Waals surface area contributed by atoms with Crippen molar-refractivity contribution in [2.24, 2.45) is 4.99 Å². The number of halogens is 2. The zero-order chi connectivity index (χ0) is 18.9. The third-order valence-electron chi connectivity index (χ3n) is 2.87. The summed E-state index contributed by atoms with van der Waals surface area (Å²) in [5, 5.41) is 11.2. The summed E-state index contributed by atoms with van der Waals surface area (Å²) in [4.78, 5) is 4.09. The number of alkyl halides is 2. The first kappa shape index (κ1) is 19.0. The van der Waals surface area contributed by atoms with Crippen molar-refractivity contribution in [3.63, 3.8) is 0 Å². The highest BCUT2D eigenvalue weighted by atomic mass is 19.3. The van der Waals surface area contributed by atoms with Gasteiger partial charge in [-0.15, -0.1) is 0 Å². The summed E-state index contributed by atoms with van der Waals surface area (Å²) in [7, 11) is 0. The maximum atomic E-state index is 12.8. The maximum Gasteiger partial charge on any atom is 0.387 e. The van der Waals surface area contributed by atoms with E-state index in [1.165, 1.54) is 12.1 Å². The summed E-state index contributed by atoms with van der Waals surface area (Å²) in [5.41, 5.74) is 0.0251. The molecule has 0 radical (unpaired) electrons. The summed E-state index contributed by atoms with van der Waals surface area (Å²) in [6.45, 7) is 0.440. The second kappa shape index (κ2) is 9.22. The SMILES string of the molecule is CC(C)Oc1cccc(N=C(NC#N)Oc2ccccc2)c1OC(F)F. The molecule has 0 bridgehead atoms. The van der Waals surface area contributed by atoms with Gasteiger partial charge in [0.15, 0.2) is 17.7 Å². The van der Waals surface area contributed by atoms with Gasteiger partial charge in [-0.25, -0.2) is 5.32 Å². The number of rotatable bonds is 6. The number of nitrogens with zero attached hydrogens (tertiary/aromatic N) is 2. The van der Waals surface area contributed by atoms with Gasteiger partial charge in [0, 0.05) is 0 Å². The molecule has 0 aliphatic rings. The number of amidine groups is 1. The van der Waals surface area contributed by atoms with Crippen molar-refractivity contribution in [2.45, 2.75) is 26.6 Å². The topological polar surface area (TPSA) is 75.9 Å². The Hall–Kier alpha value is -3.34. The molecule has 0 aliphatic carbocycles. The fourth-order valence-electron chi connectivity index (χ4n) is 1.98. The molecule has 26 heavy (non-hydrogen) atoms. The van der Waals surface area contributed by atoms with Gasteiger partial charge >= 0.3 is 12.6 Å². The Balaban J connectivity index is 2.42. The lowest BCUT2D eigenvalue weighted by atomic mass is 10.2. The predicted molar refractivity (Wildman–Crippen MR) is 91.8 cm³/mol. The second-order valence-corrected chi connectivity index (χ2v) is 5.22. The van der Waals surface area contributed by atoms with Crippen LogP contribution in [0.15, 0.2) is 53.5 Å². The molecule has 0 spiro atoms. The van der Waals surface area contributed by atoms with Crippen molar-refractivity contribution < 1.29 is 23.0 Å². The van der Waals surface area contributed by atoms with E-state index >= 15 is 0 Å². The first-order valence-electron chi connectivity index (χ1n) is 7.70. The number of nitriles is 1. The molecule has 2 aromatic carbocycles. The van der Waals surface area contributed by atoms with Crippen molar-refractivity contribution in [3.05, 3.63) is 48.5 Å². The number of hydrogen-bond acceptors (Lipinski definition) is 5.